The highest BCUT2D eigenvalue weighted by Gasteiger charge is 2.08. The summed E-state index contributed by atoms with van der Waals surface area (Å²) < 4.78 is 5.07. The van der Waals surface area contributed by atoms with E-state index in [-0.39, 0.29) is 5.91 Å². The zero-order chi connectivity index (χ0) is 13.7. The Bertz CT molecular complexity index is 626. The number of oxazole rings is 1. The van der Waals surface area contributed by atoms with Crippen molar-refractivity contribution in [2.75, 3.05) is 5.32 Å². The molecule has 19 heavy (non-hydrogen) atoms. The van der Waals surface area contributed by atoms with Gasteiger partial charge in [0, 0.05) is 19.8 Å². The first kappa shape index (κ1) is 12.8. The third-order valence-electron chi connectivity index (χ3n) is 2.60. The number of carbonyl (C=O) groups is 1. The molecule has 0 bridgehead atoms. The second-order valence-corrected chi connectivity index (χ2v) is 4.06. The van der Waals surface area contributed by atoms with Gasteiger partial charge in [-0.05, 0) is 12.1 Å². The summed E-state index contributed by atoms with van der Waals surface area (Å²) in [6, 6.07) is 8.94. The van der Waals surface area contributed by atoms with Crippen LogP contribution >= 0.6 is 0 Å². The zero-order valence-electron chi connectivity index (χ0n) is 10.5. The molecule has 0 saturated heterocycles. The number of nitrogens with one attached hydrogen (secondary N) is 1. The van der Waals surface area contributed by atoms with Gasteiger partial charge in [-0.15, -0.1) is 0 Å². The lowest BCUT2D eigenvalue weighted by molar-refractivity contribution is -0.116. The second kappa shape index (κ2) is 5.83. The highest BCUT2D eigenvalue weighted by Crippen LogP contribution is 2.14. The van der Waals surface area contributed by atoms with Gasteiger partial charge >= 0.3 is 0 Å². The number of anilines is 1. The van der Waals surface area contributed by atoms with Gasteiger partial charge in [-0.1, -0.05) is 12.1 Å². The molecule has 0 unspecified atom stereocenters. The summed E-state index contributed by atoms with van der Waals surface area (Å²) >= 11 is 0. The number of para-hydroxylation sites is 1. The maximum atomic E-state index is 11.8. The van der Waals surface area contributed by atoms with Gasteiger partial charge in [0.2, 0.25) is 5.91 Å². The van der Waals surface area contributed by atoms with Gasteiger partial charge in [0.05, 0.1) is 16.9 Å². The van der Waals surface area contributed by atoms with Crippen molar-refractivity contribution in [1.29, 1.82) is 5.26 Å². The lowest BCUT2D eigenvalue weighted by Crippen LogP contribution is -2.13. The number of nitriles is 1. The van der Waals surface area contributed by atoms with Crippen LogP contribution in [0.4, 0.5) is 5.69 Å². The number of aryl methyl sites for hydroxylation is 2. The molecule has 1 amide bonds. The highest BCUT2D eigenvalue weighted by atomic mass is 16.3. The summed E-state index contributed by atoms with van der Waals surface area (Å²) in [4.78, 5) is 15.9. The predicted octanol–water partition coefficient (Wildman–Crippen LogP) is 2.43. The molecule has 2 rings (SSSR count). The number of hydrogen-bond acceptors (Lipinski definition) is 4. The largest absolute Gasteiger partial charge is 0.449 e. The van der Waals surface area contributed by atoms with Crippen molar-refractivity contribution in [2.45, 2.75) is 19.8 Å². The Hall–Kier alpha value is -2.61. The topological polar surface area (TPSA) is 78.9 Å². The summed E-state index contributed by atoms with van der Waals surface area (Å²) in [5, 5.41) is 11.6. The molecule has 0 saturated carbocycles. The normalized spacial score (nSPS) is 9.89. The molecule has 0 atom stereocenters. The van der Waals surface area contributed by atoms with Crippen molar-refractivity contribution < 1.29 is 9.21 Å². The number of carbonyl (C=O) groups excluding carboxylic acids is 1. The van der Waals surface area contributed by atoms with E-state index in [1.807, 2.05) is 6.07 Å². The van der Waals surface area contributed by atoms with Crippen LogP contribution in [0.1, 0.15) is 23.6 Å². The molecule has 1 heterocycles. The third kappa shape index (κ3) is 3.42. The molecule has 0 aliphatic carbocycles. The van der Waals surface area contributed by atoms with Crippen LogP contribution in [-0.2, 0) is 11.2 Å². The quantitative estimate of drug-likeness (QED) is 0.909. The molecule has 96 valence electrons. The Balaban J connectivity index is 1.93. The van der Waals surface area contributed by atoms with Crippen LogP contribution in [0.15, 0.2) is 34.9 Å². The number of aromatic nitrogens is 1. The minimum Gasteiger partial charge on any atom is -0.449 e. The Kier molecular flexibility index (Phi) is 3.94. The number of rotatable bonds is 4. The average Bonchev–Trinajstić information content (AvgIpc) is 2.83. The van der Waals surface area contributed by atoms with Gasteiger partial charge in [0.1, 0.15) is 12.3 Å². The fourth-order valence-corrected chi connectivity index (χ4v) is 1.67. The monoisotopic (exact) mass is 255 g/mol. The average molecular weight is 255 g/mol. The smallest absolute Gasteiger partial charge is 0.224 e. The molecule has 0 aliphatic heterocycles. The fourth-order valence-electron chi connectivity index (χ4n) is 1.67. The second-order valence-electron chi connectivity index (χ2n) is 4.06. The standard InChI is InChI=1S/C14H13N3O2/c1-10-16-12(9-19-10)6-7-14(18)17-13-5-3-2-4-11(13)8-15/h2-5,9H,6-7H2,1H3,(H,17,18). The van der Waals surface area contributed by atoms with Gasteiger partial charge in [-0.25, -0.2) is 4.98 Å². The molecule has 0 aliphatic rings. The van der Waals surface area contributed by atoms with E-state index in [4.69, 9.17) is 9.68 Å². The highest BCUT2D eigenvalue weighted by molar-refractivity contribution is 5.92. The molecule has 5 heteroatoms. The van der Waals surface area contributed by atoms with Crippen LogP contribution in [0, 0.1) is 18.3 Å². The maximum absolute atomic E-state index is 11.8. The van der Waals surface area contributed by atoms with Crippen LogP contribution in [0.25, 0.3) is 0 Å². The van der Waals surface area contributed by atoms with Crippen molar-refractivity contribution in [2.24, 2.45) is 0 Å². The Morgan fingerprint density at radius 1 is 1.47 bits per heavy atom. The summed E-state index contributed by atoms with van der Waals surface area (Å²) in [7, 11) is 0. The van der Waals surface area contributed by atoms with E-state index in [0.717, 1.165) is 5.69 Å². The summed E-state index contributed by atoms with van der Waals surface area (Å²) in [5.74, 6) is 0.439. The first-order valence-electron chi connectivity index (χ1n) is 5.89. The van der Waals surface area contributed by atoms with E-state index in [1.165, 1.54) is 0 Å². The van der Waals surface area contributed by atoms with Gasteiger partial charge in [-0.2, -0.15) is 5.26 Å². The van der Waals surface area contributed by atoms with Gasteiger partial charge < -0.3 is 9.73 Å². The molecule has 0 fully saturated rings. The molecule has 2 aromatic rings. The third-order valence-corrected chi connectivity index (χ3v) is 2.60. The van der Waals surface area contributed by atoms with Crippen molar-refractivity contribution in [3.8, 4) is 6.07 Å². The molecular formula is C14H13N3O2. The van der Waals surface area contributed by atoms with E-state index >= 15 is 0 Å². The molecule has 0 radical (unpaired) electrons. The lowest BCUT2D eigenvalue weighted by Gasteiger charge is -2.05. The summed E-state index contributed by atoms with van der Waals surface area (Å²) in [6.07, 6.45) is 2.36. The van der Waals surface area contributed by atoms with E-state index in [1.54, 1.807) is 37.5 Å². The molecule has 1 aromatic heterocycles. The number of benzene rings is 1. The zero-order valence-corrected chi connectivity index (χ0v) is 10.5. The van der Waals surface area contributed by atoms with Crippen LogP contribution < -0.4 is 5.32 Å². The van der Waals surface area contributed by atoms with E-state index in [2.05, 4.69) is 10.3 Å². The van der Waals surface area contributed by atoms with Crippen LogP contribution in [0.5, 0.6) is 0 Å². The number of hydrogen-bond donors (Lipinski definition) is 1. The van der Waals surface area contributed by atoms with E-state index in [9.17, 15) is 4.79 Å². The Labute approximate surface area is 110 Å². The molecular weight excluding hydrogens is 242 g/mol. The first-order valence-corrected chi connectivity index (χ1v) is 5.89. The minimum absolute atomic E-state index is 0.150. The van der Waals surface area contributed by atoms with Crippen molar-refractivity contribution in [3.63, 3.8) is 0 Å². The van der Waals surface area contributed by atoms with Gasteiger partial charge in [0.25, 0.3) is 0 Å². The predicted molar refractivity (Wildman–Crippen MR) is 69.3 cm³/mol. The Morgan fingerprint density at radius 3 is 2.95 bits per heavy atom. The van der Waals surface area contributed by atoms with Crippen molar-refractivity contribution in [1.82, 2.24) is 4.98 Å². The minimum atomic E-state index is -0.150. The van der Waals surface area contributed by atoms with Gasteiger partial charge in [-0.3, -0.25) is 4.79 Å². The van der Waals surface area contributed by atoms with Crippen LogP contribution in [0.2, 0.25) is 0 Å². The molecule has 1 N–H and O–H groups in total. The molecule has 5 nitrogen and oxygen atoms in total. The summed E-state index contributed by atoms with van der Waals surface area (Å²) in [6.45, 7) is 1.76. The van der Waals surface area contributed by atoms with E-state index in [0.29, 0.717) is 30.0 Å². The maximum Gasteiger partial charge on any atom is 0.224 e. The summed E-state index contributed by atoms with van der Waals surface area (Å²) in [5.41, 5.74) is 1.74. The van der Waals surface area contributed by atoms with Crippen LogP contribution in [0.3, 0.4) is 0 Å². The van der Waals surface area contributed by atoms with Crippen molar-refractivity contribution in [3.05, 3.63) is 47.7 Å². The van der Waals surface area contributed by atoms with Gasteiger partial charge in [0.15, 0.2) is 5.89 Å². The molecule has 1 aromatic carbocycles. The first-order chi connectivity index (χ1) is 9.19. The molecule has 0 spiro atoms. The lowest BCUT2D eigenvalue weighted by atomic mass is 10.2. The van der Waals surface area contributed by atoms with Crippen molar-refractivity contribution >= 4 is 11.6 Å². The van der Waals surface area contributed by atoms with E-state index < -0.39 is 0 Å². The Morgan fingerprint density at radius 2 is 2.26 bits per heavy atom. The number of nitrogens with zero attached hydrogens (tertiary/aromatic N) is 2. The fraction of sp³-hybridized carbons (Fsp3) is 0.214. The SMILES string of the molecule is Cc1nc(CCC(=O)Nc2ccccc2C#N)co1. The number of amides is 1. The van der Waals surface area contributed by atoms with Crippen LogP contribution in [-0.4, -0.2) is 10.9 Å².